The second kappa shape index (κ2) is 14.8. The predicted molar refractivity (Wildman–Crippen MR) is 123 cm³/mol. The molecule has 11 heteroatoms. The lowest BCUT2D eigenvalue weighted by Crippen LogP contribution is -2.56. The summed E-state index contributed by atoms with van der Waals surface area (Å²) in [5.41, 5.74) is 22.9. The van der Waals surface area contributed by atoms with Crippen molar-refractivity contribution in [1.82, 2.24) is 16.0 Å². The van der Waals surface area contributed by atoms with Gasteiger partial charge >= 0.3 is 0 Å². The molecule has 0 bridgehead atoms. The minimum Gasteiger partial charge on any atom is -0.370 e. The minimum atomic E-state index is -0.928. The minimum absolute atomic E-state index is 0.155. The second-order valence-corrected chi connectivity index (χ2v) is 7.59. The van der Waals surface area contributed by atoms with Gasteiger partial charge < -0.3 is 38.9 Å². The van der Waals surface area contributed by atoms with E-state index < -0.39 is 35.8 Å². The summed E-state index contributed by atoms with van der Waals surface area (Å²) in [5, 5.41) is 15.1. The molecule has 0 aliphatic heterocycles. The number of primary amides is 1. The highest BCUT2D eigenvalue weighted by atomic mass is 16.2. The van der Waals surface area contributed by atoms with E-state index in [0.29, 0.717) is 45.2 Å². The van der Waals surface area contributed by atoms with Crippen molar-refractivity contribution in [2.45, 2.75) is 56.7 Å². The molecule has 1 aromatic rings. The van der Waals surface area contributed by atoms with Gasteiger partial charge in [0.15, 0.2) is 5.96 Å². The van der Waals surface area contributed by atoms with Gasteiger partial charge in [0.05, 0.1) is 6.04 Å². The molecule has 0 saturated carbocycles. The van der Waals surface area contributed by atoms with Crippen molar-refractivity contribution in [2.24, 2.45) is 22.9 Å². The van der Waals surface area contributed by atoms with Crippen LogP contribution in [0.2, 0.25) is 0 Å². The summed E-state index contributed by atoms with van der Waals surface area (Å²) in [6, 6.07) is 6.57. The van der Waals surface area contributed by atoms with Crippen LogP contribution >= 0.6 is 0 Å². The number of nitrogens with two attached hydrogens (primary N) is 4. The zero-order chi connectivity index (χ0) is 23.9. The number of carbonyl (C=O) groups excluding carboxylic acids is 3. The third kappa shape index (κ3) is 10.7. The van der Waals surface area contributed by atoms with Crippen molar-refractivity contribution in [3.63, 3.8) is 0 Å². The normalized spacial score (nSPS) is 13.4. The number of rotatable bonds is 15. The van der Waals surface area contributed by atoms with Gasteiger partial charge in [0.2, 0.25) is 17.7 Å². The predicted octanol–water partition coefficient (Wildman–Crippen LogP) is -1.60. The number of unbranched alkanes of at least 4 members (excludes halogenated alkanes) is 1. The van der Waals surface area contributed by atoms with Crippen LogP contribution in [-0.4, -0.2) is 54.9 Å². The molecule has 0 aromatic heterocycles. The van der Waals surface area contributed by atoms with Crippen molar-refractivity contribution in [3.8, 4) is 0 Å². The molecule has 0 fully saturated rings. The van der Waals surface area contributed by atoms with E-state index in [4.69, 9.17) is 28.3 Å². The van der Waals surface area contributed by atoms with Crippen molar-refractivity contribution < 1.29 is 14.4 Å². The van der Waals surface area contributed by atoms with Crippen LogP contribution in [0.4, 0.5) is 0 Å². The number of hydrogen-bond donors (Lipinski definition) is 8. The van der Waals surface area contributed by atoms with Crippen molar-refractivity contribution in [2.75, 3.05) is 13.1 Å². The Morgan fingerprint density at radius 3 is 2.16 bits per heavy atom. The van der Waals surface area contributed by atoms with Crippen molar-refractivity contribution >= 4 is 23.7 Å². The summed E-state index contributed by atoms with van der Waals surface area (Å²) in [7, 11) is 0. The molecule has 3 amide bonds. The molecular weight excluding hydrogens is 412 g/mol. The van der Waals surface area contributed by atoms with Gasteiger partial charge in [-0.15, -0.1) is 0 Å². The number of carbonyl (C=O) groups is 3. The molecule has 1 rings (SSSR count). The fourth-order valence-electron chi connectivity index (χ4n) is 3.06. The lowest BCUT2D eigenvalue weighted by molar-refractivity contribution is -0.131. The number of benzene rings is 1. The van der Waals surface area contributed by atoms with E-state index in [0.717, 1.165) is 5.56 Å². The first-order valence-corrected chi connectivity index (χ1v) is 10.7. The molecule has 0 unspecified atom stereocenters. The first kappa shape index (κ1) is 26.9. The van der Waals surface area contributed by atoms with E-state index in [1.165, 1.54) is 0 Å². The van der Waals surface area contributed by atoms with Gasteiger partial charge in [-0.1, -0.05) is 30.3 Å². The SMILES string of the molecule is N=C(N)NCCC[C@@H](N)C(=O)N[C@@H](Cc1ccccc1)C(=O)N[C@@H](CCCCN)C(N)=O. The Hall–Kier alpha value is -3.18. The Morgan fingerprint density at radius 1 is 0.906 bits per heavy atom. The molecule has 178 valence electrons. The van der Waals surface area contributed by atoms with E-state index in [9.17, 15) is 14.4 Å². The molecule has 11 nitrogen and oxygen atoms in total. The zero-order valence-corrected chi connectivity index (χ0v) is 18.3. The molecule has 0 saturated heterocycles. The summed E-state index contributed by atoms with van der Waals surface area (Å²) < 4.78 is 0. The molecule has 32 heavy (non-hydrogen) atoms. The lowest BCUT2D eigenvalue weighted by atomic mass is 10.0. The highest BCUT2D eigenvalue weighted by molar-refractivity contribution is 5.92. The van der Waals surface area contributed by atoms with Gasteiger partial charge in [-0.3, -0.25) is 19.8 Å². The second-order valence-electron chi connectivity index (χ2n) is 7.59. The maximum absolute atomic E-state index is 12.9. The molecule has 3 atom stereocenters. The van der Waals surface area contributed by atoms with Gasteiger partial charge in [-0.05, 0) is 44.2 Å². The molecule has 1 aromatic carbocycles. The van der Waals surface area contributed by atoms with Crippen LogP contribution in [0.15, 0.2) is 30.3 Å². The maximum atomic E-state index is 12.9. The summed E-state index contributed by atoms with van der Waals surface area (Å²) >= 11 is 0. The van der Waals surface area contributed by atoms with E-state index >= 15 is 0 Å². The average molecular weight is 449 g/mol. The largest absolute Gasteiger partial charge is 0.370 e. The molecular formula is C21H36N8O3. The Balaban J connectivity index is 2.80. The Labute approximate surface area is 188 Å². The van der Waals surface area contributed by atoms with Crippen molar-refractivity contribution in [1.29, 1.82) is 5.41 Å². The summed E-state index contributed by atoms with van der Waals surface area (Å²) in [6.45, 7) is 0.888. The number of guanidine groups is 1. The number of amides is 3. The molecule has 0 aliphatic carbocycles. The highest BCUT2D eigenvalue weighted by Crippen LogP contribution is 2.07. The average Bonchev–Trinajstić information content (AvgIpc) is 2.75. The molecule has 0 aliphatic rings. The van der Waals surface area contributed by atoms with E-state index in [-0.39, 0.29) is 12.4 Å². The van der Waals surface area contributed by atoms with E-state index in [2.05, 4.69) is 16.0 Å². The third-order valence-corrected chi connectivity index (χ3v) is 4.87. The van der Waals surface area contributed by atoms with Gasteiger partial charge in [-0.25, -0.2) is 0 Å². The van der Waals surface area contributed by atoms with Crippen LogP contribution in [0.25, 0.3) is 0 Å². The van der Waals surface area contributed by atoms with Crippen molar-refractivity contribution in [3.05, 3.63) is 35.9 Å². The Kier molecular flexibility index (Phi) is 12.4. The van der Waals surface area contributed by atoms with E-state index in [1.54, 1.807) is 0 Å². The smallest absolute Gasteiger partial charge is 0.243 e. The zero-order valence-electron chi connectivity index (χ0n) is 18.3. The summed E-state index contributed by atoms with van der Waals surface area (Å²) in [5.74, 6) is -1.79. The summed E-state index contributed by atoms with van der Waals surface area (Å²) in [4.78, 5) is 37.3. The Morgan fingerprint density at radius 2 is 1.56 bits per heavy atom. The Bertz CT molecular complexity index is 744. The monoisotopic (exact) mass is 448 g/mol. The molecule has 12 N–H and O–H groups in total. The standard InChI is InChI=1S/C21H36N8O3/c22-11-5-4-10-16(18(24)30)28-20(32)17(13-14-7-2-1-3-8-14)29-19(31)15(23)9-6-12-27-21(25)26/h1-3,7-8,15-17H,4-6,9-13,22-23H2,(H2,24,30)(H,28,32)(H,29,31)(H4,25,26,27)/t15-,16+,17+/m1/s1. The number of hydrogen-bond acceptors (Lipinski definition) is 6. The lowest BCUT2D eigenvalue weighted by Gasteiger charge is -2.23. The van der Waals surface area contributed by atoms with Crippen LogP contribution in [0.1, 0.15) is 37.7 Å². The van der Waals surface area contributed by atoms with Gasteiger partial charge in [0, 0.05) is 13.0 Å². The quantitative estimate of drug-likeness (QED) is 0.0892. The van der Waals surface area contributed by atoms with Crippen LogP contribution in [0, 0.1) is 5.41 Å². The fraction of sp³-hybridized carbons (Fsp3) is 0.524. The maximum Gasteiger partial charge on any atom is 0.243 e. The fourth-order valence-corrected chi connectivity index (χ4v) is 3.06. The van der Waals surface area contributed by atoms with E-state index in [1.807, 2.05) is 30.3 Å². The third-order valence-electron chi connectivity index (χ3n) is 4.87. The van der Waals surface area contributed by atoms with Gasteiger partial charge in [-0.2, -0.15) is 0 Å². The van der Waals surface area contributed by atoms with Gasteiger partial charge in [0.1, 0.15) is 12.1 Å². The molecule has 0 spiro atoms. The van der Waals surface area contributed by atoms with Crippen LogP contribution in [0.5, 0.6) is 0 Å². The topological polar surface area (TPSA) is 215 Å². The van der Waals surface area contributed by atoms with Gasteiger partial charge in [0.25, 0.3) is 0 Å². The first-order chi connectivity index (χ1) is 15.2. The van der Waals surface area contributed by atoms with Crippen LogP contribution < -0.4 is 38.9 Å². The van der Waals surface area contributed by atoms with Crippen LogP contribution in [-0.2, 0) is 20.8 Å². The highest BCUT2D eigenvalue weighted by Gasteiger charge is 2.27. The van der Waals surface area contributed by atoms with Crippen LogP contribution in [0.3, 0.4) is 0 Å². The number of nitrogens with one attached hydrogen (secondary N) is 4. The first-order valence-electron chi connectivity index (χ1n) is 10.7. The summed E-state index contributed by atoms with van der Waals surface area (Å²) in [6.07, 6.45) is 2.80. The molecule has 0 heterocycles. The molecule has 0 radical (unpaired) electrons.